The highest BCUT2D eigenvalue weighted by atomic mass is 16.3. The van der Waals surface area contributed by atoms with Crippen molar-refractivity contribution < 1.29 is 5.11 Å². The zero-order chi connectivity index (χ0) is 15.0. The van der Waals surface area contributed by atoms with Crippen molar-refractivity contribution in [2.24, 2.45) is 0 Å². The summed E-state index contributed by atoms with van der Waals surface area (Å²) in [6.07, 6.45) is 10.4. The van der Waals surface area contributed by atoms with E-state index >= 15 is 0 Å². The molecule has 0 spiro atoms. The summed E-state index contributed by atoms with van der Waals surface area (Å²) < 4.78 is 0. The molecule has 0 saturated carbocycles. The number of benzene rings is 1. The molecule has 114 valence electrons. The maximum absolute atomic E-state index is 10.0. The standard InChI is InChI=1S/C18H31NO/c1-5-6-7-8-9-10-11-12-16-15(2)13-14-17(20)18(16)19(3)4/h13-14,20H,5-12H2,1-4H3. The number of phenolic OH excluding ortho intramolecular Hbond substituents is 1. The SMILES string of the molecule is CCCCCCCCCc1c(C)ccc(O)c1N(C)C. The summed E-state index contributed by atoms with van der Waals surface area (Å²) in [5, 5.41) is 10.0. The Labute approximate surface area is 124 Å². The lowest BCUT2D eigenvalue weighted by molar-refractivity contribution is 0.474. The van der Waals surface area contributed by atoms with Crippen LogP contribution in [0.3, 0.4) is 0 Å². The summed E-state index contributed by atoms with van der Waals surface area (Å²) in [5.74, 6) is 0.401. The number of aryl methyl sites for hydroxylation is 1. The highest BCUT2D eigenvalue weighted by molar-refractivity contribution is 5.64. The number of aromatic hydroxyl groups is 1. The van der Waals surface area contributed by atoms with E-state index in [0.717, 1.165) is 12.1 Å². The topological polar surface area (TPSA) is 23.5 Å². The highest BCUT2D eigenvalue weighted by Gasteiger charge is 2.12. The summed E-state index contributed by atoms with van der Waals surface area (Å²) in [4.78, 5) is 2.03. The van der Waals surface area contributed by atoms with E-state index in [4.69, 9.17) is 0 Å². The maximum Gasteiger partial charge on any atom is 0.139 e. The molecule has 1 aromatic carbocycles. The van der Waals surface area contributed by atoms with Gasteiger partial charge < -0.3 is 10.0 Å². The van der Waals surface area contributed by atoms with E-state index in [1.165, 1.54) is 56.1 Å². The lowest BCUT2D eigenvalue weighted by atomic mass is 9.98. The fraction of sp³-hybridized carbons (Fsp3) is 0.667. The van der Waals surface area contributed by atoms with Crippen LogP contribution in [-0.2, 0) is 6.42 Å². The number of nitrogens with zero attached hydrogens (tertiary/aromatic N) is 1. The molecular formula is C18H31NO. The monoisotopic (exact) mass is 277 g/mol. The van der Waals surface area contributed by atoms with E-state index in [1.807, 2.05) is 25.1 Å². The summed E-state index contributed by atoms with van der Waals surface area (Å²) in [6, 6.07) is 3.83. The van der Waals surface area contributed by atoms with E-state index < -0.39 is 0 Å². The van der Waals surface area contributed by atoms with Crippen LogP contribution in [0.4, 0.5) is 5.69 Å². The van der Waals surface area contributed by atoms with E-state index in [1.54, 1.807) is 6.07 Å². The number of phenols is 1. The number of anilines is 1. The Morgan fingerprint density at radius 1 is 0.950 bits per heavy atom. The third-order valence-electron chi connectivity index (χ3n) is 3.97. The van der Waals surface area contributed by atoms with Gasteiger partial charge in [-0.25, -0.2) is 0 Å². The van der Waals surface area contributed by atoms with Crippen molar-refractivity contribution in [2.45, 2.75) is 65.2 Å². The van der Waals surface area contributed by atoms with Gasteiger partial charge in [-0.1, -0.05) is 51.5 Å². The van der Waals surface area contributed by atoms with Gasteiger partial charge >= 0.3 is 0 Å². The molecule has 0 fully saturated rings. The smallest absolute Gasteiger partial charge is 0.139 e. The molecule has 0 atom stereocenters. The molecule has 1 N–H and O–H groups in total. The normalized spacial score (nSPS) is 10.8. The molecular weight excluding hydrogens is 246 g/mol. The van der Waals surface area contributed by atoms with Crippen LogP contribution >= 0.6 is 0 Å². The summed E-state index contributed by atoms with van der Waals surface area (Å²) in [5.41, 5.74) is 3.59. The van der Waals surface area contributed by atoms with Crippen molar-refractivity contribution >= 4 is 5.69 Å². The first-order valence-corrected chi connectivity index (χ1v) is 8.06. The molecule has 0 unspecified atom stereocenters. The summed E-state index contributed by atoms with van der Waals surface area (Å²) >= 11 is 0. The van der Waals surface area contributed by atoms with Gasteiger partial charge in [0.2, 0.25) is 0 Å². The van der Waals surface area contributed by atoms with Gasteiger partial charge in [-0.2, -0.15) is 0 Å². The van der Waals surface area contributed by atoms with Crippen LogP contribution in [0.15, 0.2) is 12.1 Å². The summed E-state index contributed by atoms with van der Waals surface area (Å²) in [6.45, 7) is 4.40. The van der Waals surface area contributed by atoms with Gasteiger partial charge in [-0.05, 0) is 37.0 Å². The molecule has 0 saturated heterocycles. The van der Waals surface area contributed by atoms with Crippen LogP contribution in [0.25, 0.3) is 0 Å². The van der Waals surface area contributed by atoms with Gasteiger partial charge in [0.25, 0.3) is 0 Å². The van der Waals surface area contributed by atoms with Gasteiger partial charge in [0.05, 0.1) is 5.69 Å². The molecule has 0 aromatic heterocycles. The minimum atomic E-state index is 0.401. The van der Waals surface area contributed by atoms with Crippen molar-refractivity contribution in [1.29, 1.82) is 0 Å². The molecule has 1 rings (SSSR count). The van der Waals surface area contributed by atoms with Crippen LogP contribution in [-0.4, -0.2) is 19.2 Å². The molecule has 0 aliphatic rings. The second-order valence-corrected chi connectivity index (χ2v) is 5.99. The molecule has 2 heteroatoms. The Balaban J connectivity index is 2.49. The molecule has 0 aliphatic heterocycles. The van der Waals surface area contributed by atoms with Crippen molar-refractivity contribution in [3.05, 3.63) is 23.3 Å². The van der Waals surface area contributed by atoms with Crippen LogP contribution < -0.4 is 4.90 Å². The van der Waals surface area contributed by atoms with Crippen LogP contribution in [0.5, 0.6) is 5.75 Å². The molecule has 0 aliphatic carbocycles. The second-order valence-electron chi connectivity index (χ2n) is 5.99. The fourth-order valence-electron chi connectivity index (χ4n) is 2.80. The first kappa shape index (κ1) is 16.9. The lowest BCUT2D eigenvalue weighted by Gasteiger charge is -2.21. The van der Waals surface area contributed by atoms with E-state index in [2.05, 4.69) is 13.8 Å². The van der Waals surface area contributed by atoms with Crippen molar-refractivity contribution in [1.82, 2.24) is 0 Å². The average Bonchev–Trinajstić information content (AvgIpc) is 2.41. The van der Waals surface area contributed by atoms with E-state index in [-0.39, 0.29) is 0 Å². The number of hydrogen-bond acceptors (Lipinski definition) is 2. The van der Waals surface area contributed by atoms with Gasteiger partial charge in [0.1, 0.15) is 5.75 Å². The minimum Gasteiger partial charge on any atom is -0.506 e. The molecule has 0 amide bonds. The molecule has 20 heavy (non-hydrogen) atoms. The van der Waals surface area contributed by atoms with Crippen LogP contribution in [0, 0.1) is 6.92 Å². The Morgan fingerprint density at radius 3 is 2.15 bits per heavy atom. The third kappa shape index (κ3) is 5.07. The van der Waals surface area contributed by atoms with E-state index in [9.17, 15) is 5.11 Å². The molecule has 0 bridgehead atoms. The Bertz CT molecular complexity index is 399. The zero-order valence-electron chi connectivity index (χ0n) is 13.7. The first-order valence-electron chi connectivity index (χ1n) is 8.06. The Hall–Kier alpha value is -1.18. The average molecular weight is 277 g/mol. The van der Waals surface area contributed by atoms with Gasteiger partial charge in [0.15, 0.2) is 0 Å². The second kappa shape index (κ2) is 8.89. The van der Waals surface area contributed by atoms with Gasteiger partial charge in [-0.3, -0.25) is 0 Å². The molecule has 0 radical (unpaired) electrons. The predicted octanol–water partition coefficient (Wildman–Crippen LogP) is 5.06. The fourth-order valence-corrected chi connectivity index (χ4v) is 2.80. The third-order valence-corrected chi connectivity index (χ3v) is 3.97. The van der Waals surface area contributed by atoms with Crippen molar-refractivity contribution in [3.8, 4) is 5.75 Å². The Morgan fingerprint density at radius 2 is 1.55 bits per heavy atom. The van der Waals surface area contributed by atoms with Crippen molar-refractivity contribution in [2.75, 3.05) is 19.0 Å². The van der Waals surface area contributed by atoms with Gasteiger partial charge in [-0.15, -0.1) is 0 Å². The van der Waals surface area contributed by atoms with Crippen LogP contribution in [0.2, 0.25) is 0 Å². The molecule has 1 aromatic rings. The number of hydrogen-bond donors (Lipinski definition) is 1. The quantitative estimate of drug-likeness (QED) is 0.638. The number of unbranched alkanes of at least 4 members (excludes halogenated alkanes) is 6. The Kier molecular flexibility index (Phi) is 7.50. The lowest BCUT2D eigenvalue weighted by Crippen LogP contribution is -2.12. The molecule has 2 nitrogen and oxygen atoms in total. The predicted molar refractivity (Wildman–Crippen MR) is 88.9 cm³/mol. The van der Waals surface area contributed by atoms with Gasteiger partial charge in [0, 0.05) is 14.1 Å². The largest absolute Gasteiger partial charge is 0.506 e. The number of rotatable bonds is 9. The first-order chi connectivity index (χ1) is 9.57. The zero-order valence-corrected chi connectivity index (χ0v) is 13.7. The van der Waals surface area contributed by atoms with Crippen molar-refractivity contribution in [3.63, 3.8) is 0 Å². The highest BCUT2D eigenvalue weighted by Crippen LogP contribution is 2.33. The van der Waals surface area contributed by atoms with E-state index in [0.29, 0.717) is 5.75 Å². The maximum atomic E-state index is 10.0. The molecule has 0 heterocycles. The summed E-state index contributed by atoms with van der Waals surface area (Å²) in [7, 11) is 4.01. The minimum absolute atomic E-state index is 0.401. The van der Waals surface area contributed by atoms with Crippen LogP contribution in [0.1, 0.15) is 63.0 Å².